The molecule has 3 rings (SSSR count). The fraction of sp³-hybridized carbons (Fsp3) is 0.500. The number of carbonyl (C=O) groups is 2. The Balaban J connectivity index is 1.70. The number of nitrogens with one attached hydrogen (secondary N) is 2. The Kier molecular flexibility index (Phi) is 7.86. The van der Waals surface area contributed by atoms with Gasteiger partial charge in [-0.2, -0.15) is 5.26 Å². The molecule has 1 aromatic rings. The molecule has 1 aliphatic heterocycles. The summed E-state index contributed by atoms with van der Waals surface area (Å²) in [6.07, 6.45) is 0.265. The Labute approximate surface area is 194 Å². The van der Waals surface area contributed by atoms with Crippen molar-refractivity contribution in [1.82, 2.24) is 20.4 Å². The van der Waals surface area contributed by atoms with Gasteiger partial charge in [0.05, 0.1) is 12.1 Å². The second-order valence-electron chi connectivity index (χ2n) is 8.20. The van der Waals surface area contributed by atoms with E-state index in [0.717, 1.165) is 25.0 Å². The number of alkyl halides is 3. The molecule has 0 radical (unpaired) electrons. The van der Waals surface area contributed by atoms with E-state index in [9.17, 15) is 27.2 Å². The van der Waals surface area contributed by atoms with E-state index in [-0.39, 0.29) is 36.1 Å². The molecule has 1 aromatic carbocycles. The summed E-state index contributed by atoms with van der Waals surface area (Å²) in [5.41, 5.74) is 0.00378. The van der Waals surface area contributed by atoms with E-state index < -0.39 is 24.0 Å². The molecule has 0 bridgehead atoms. The third-order valence-electron chi connectivity index (χ3n) is 5.66. The first-order valence-electron chi connectivity index (χ1n) is 10.7. The molecule has 2 aliphatic rings. The van der Waals surface area contributed by atoms with E-state index >= 15 is 0 Å². The highest BCUT2D eigenvalue weighted by Crippen LogP contribution is 2.33. The van der Waals surface area contributed by atoms with Crippen LogP contribution < -0.4 is 15.4 Å². The highest BCUT2D eigenvalue weighted by Gasteiger charge is 2.41. The van der Waals surface area contributed by atoms with Gasteiger partial charge in [-0.1, -0.05) is 12.1 Å². The van der Waals surface area contributed by atoms with Crippen molar-refractivity contribution in [3.05, 3.63) is 41.7 Å². The minimum Gasteiger partial charge on any atom is -0.406 e. The van der Waals surface area contributed by atoms with Gasteiger partial charge in [0, 0.05) is 50.4 Å². The Morgan fingerprint density at radius 2 is 2.03 bits per heavy atom. The van der Waals surface area contributed by atoms with Crippen molar-refractivity contribution in [2.75, 3.05) is 20.1 Å². The molecule has 8 nitrogen and oxygen atoms in total. The van der Waals surface area contributed by atoms with E-state index in [2.05, 4.69) is 15.4 Å². The minimum absolute atomic E-state index is 0.00378. The quantitative estimate of drug-likeness (QED) is 0.478. The molecule has 0 spiro atoms. The number of piperidine rings is 1. The molecule has 1 saturated heterocycles. The number of urea groups is 2. The first-order valence-corrected chi connectivity index (χ1v) is 10.7. The average molecular weight is 483 g/mol. The van der Waals surface area contributed by atoms with Gasteiger partial charge in [0.25, 0.3) is 0 Å². The number of nitrogens with zero attached hydrogens (tertiary/aromatic N) is 3. The fourth-order valence-corrected chi connectivity index (χ4v) is 4.07. The predicted molar refractivity (Wildman–Crippen MR) is 113 cm³/mol. The van der Waals surface area contributed by atoms with E-state index in [0.29, 0.717) is 25.6 Å². The zero-order chi connectivity index (χ0) is 24.9. The van der Waals surface area contributed by atoms with Crippen molar-refractivity contribution in [1.29, 1.82) is 5.26 Å². The van der Waals surface area contributed by atoms with Crippen molar-refractivity contribution in [2.24, 2.45) is 5.92 Å². The molecule has 2 N–H and O–H groups in total. The lowest BCUT2D eigenvalue weighted by atomic mass is 9.92. The van der Waals surface area contributed by atoms with Gasteiger partial charge >= 0.3 is 18.4 Å². The van der Waals surface area contributed by atoms with Crippen LogP contribution in [0.1, 0.15) is 24.8 Å². The Morgan fingerprint density at radius 3 is 2.62 bits per heavy atom. The lowest BCUT2D eigenvalue weighted by Gasteiger charge is -2.42. The molecule has 4 amide bonds. The van der Waals surface area contributed by atoms with Crippen molar-refractivity contribution < 1.29 is 31.9 Å². The van der Waals surface area contributed by atoms with Gasteiger partial charge in [-0.25, -0.2) is 14.0 Å². The van der Waals surface area contributed by atoms with Crippen molar-refractivity contribution in [3.8, 4) is 11.8 Å². The van der Waals surface area contributed by atoms with Gasteiger partial charge < -0.3 is 25.2 Å². The Morgan fingerprint density at radius 1 is 1.29 bits per heavy atom. The second-order valence-corrected chi connectivity index (χ2v) is 8.20. The number of benzene rings is 1. The van der Waals surface area contributed by atoms with Gasteiger partial charge in [0.1, 0.15) is 11.6 Å². The van der Waals surface area contributed by atoms with Gasteiger partial charge in [-0.3, -0.25) is 0 Å². The Bertz CT molecular complexity index is 974. The number of likely N-dealkylation sites (tertiary alicyclic amines) is 1. The van der Waals surface area contributed by atoms with E-state index in [1.165, 1.54) is 13.1 Å². The second kappa shape index (κ2) is 10.6. The number of allylic oxidation sites excluding steroid dienone is 1. The molecular weight excluding hydrogens is 458 g/mol. The summed E-state index contributed by atoms with van der Waals surface area (Å²) in [5.74, 6) is -1.75. The van der Waals surface area contributed by atoms with Crippen LogP contribution in [0.2, 0.25) is 0 Å². The van der Waals surface area contributed by atoms with Gasteiger partial charge in [-0.15, -0.1) is 13.2 Å². The van der Waals surface area contributed by atoms with Crippen LogP contribution >= 0.6 is 0 Å². The third-order valence-corrected chi connectivity index (χ3v) is 5.66. The first kappa shape index (κ1) is 25.1. The fourth-order valence-electron chi connectivity index (χ4n) is 4.07. The summed E-state index contributed by atoms with van der Waals surface area (Å²) in [5, 5.41) is 14.1. The lowest BCUT2D eigenvalue weighted by molar-refractivity contribution is -0.274. The maximum atomic E-state index is 14.3. The molecular formula is C22H25F4N5O3. The number of halogens is 4. The summed E-state index contributed by atoms with van der Waals surface area (Å²) in [7, 11) is 1.51. The highest BCUT2D eigenvalue weighted by molar-refractivity contribution is 5.76. The lowest BCUT2D eigenvalue weighted by Crippen LogP contribution is -2.57. The van der Waals surface area contributed by atoms with E-state index in [1.54, 1.807) is 15.9 Å². The van der Waals surface area contributed by atoms with Crippen LogP contribution in [-0.2, 0) is 6.54 Å². The smallest absolute Gasteiger partial charge is 0.406 e. The van der Waals surface area contributed by atoms with Crippen LogP contribution in [0.25, 0.3) is 0 Å². The largest absolute Gasteiger partial charge is 0.573 e. The van der Waals surface area contributed by atoms with Crippen molar-refractivity contribution in [2.45, 2.75) is 44.3 Å². The summed E-state index contributed by atoms with van der Waals surface area (Å²) >= 11 is 0. The van der Waals surface area contributed by atoms with Crippen molar-refractivity contribution in [3.63, 3.8) is 0 Å². The monoisotopic (exact) mass is 483 g/mol. The van der Waals surface area contributed by atoms with Gasteiger partial charge in [0.15, 0.2) is 0 Å². The number of ether oxygens (including phenoxy) is 1. The van der Waals surface area contributed by atoms with E-state index in [1.807, 2.05) is 6.07 Å². The topological polar surface area (TPSA) is 97.7 Å². The maximum Gasteiger partial charge on any atom is 0.573 e. The van der Waals surface area contributed by atoms with Crippen LogP contribution in [-0.4, -0.2) is 60.4 Å². The van der Waals surface area contributed by atoms with Crippen LogP contribution in [0, 0.1) is 23.1 Å². The highest BCUT2D eigenvalue weighted by atomic mass is 19.4. The number of nitriles is 1. The molecule has 2 unspecified atom stereocenters. The van der Waals surface area contributed by atoms with Crippen LogP contribution in [0.15, 0.2) is 30.4 Å². The number of rotatable bonds is 6. The summed E-state index contributed by atoms with van der Waals surface area (Å²) in [4.78, 5) is 28.6. The summed E-state index contributed by atoms with van der Waals surface area (Å²) in [6.45, 7) is 0.480. The van der Waals surface area contributed by atoms with Gasteiger partial charge in [0.2, 0.25) is 0 Å². The zero-order valence-electron chi connectivity index (χ0n) is 18.4. The van der Waals surface area contributed by atoms with Crippen LogP contribution in [0.5, 0.6) is 5.75 Å². The van der Waals surface area contributed by atoms with Crippen molar-refractivity contribution >= 4 is 12.1 Å². The van der Waals surface area contributed by atoms with Crippen LogP contribution in [0.3, 0.4) is 0 Å². The maximum absolute atomic E-state index is 14.3. The number of carbonyl (C=O) groups excluding carboxylic acids is 2. The zero-order valence-corrected chi connectivity index (χ0v) is 18.4. The molecule has 1 saturated carbocycles. The summed E-state index contributed by atoms with van der Waals surface area (Å²) < 4.78 is 54.9. The third kappa shape index (κ3) is 6.76. The average Bonchev–Trinajstić information content (AvgIpc) is 3.60. The number of hydrogen-bond donors (Lipinski definition) is 2. The normalized spacial score (nSPS) is 20.5. The molecule has 184 valence electrons. The molecule has 2 atom stereocenters. The minimum atomic E-state index is -4.93. The molecule has 12 heteroatoms. The van der Waals surface area contributed by atoms with Gasteiger partial charge in [-0.05, 0) is 31.2 Å². The summed E-state index contributed by atoms with van der Waals surface area (Å²) in [6, 6.07) is 3.55. The SMILES string of the molecule is CNC(=O)N1CC(/C=C/C#N)CC(N(C(=O)NCc2ccc(OC(F)(F)F)cc2F)C2CC2)C1. The van der Waals surface area contributed by atoms with Crippen LogP contribution in [0.4, 0.5) is 27.2 Å². The first-order chi connectivity index (χ1) is 16.1. The number of hydrogen-bond acceptors (Lipinski definition) is 4. The molecule has 2 fully saturated rings. The molecule has 0 aromatic heterocycles. The predicted octanol–water partition coefficient (Wildman–Crippen LogP) is 3.51. The molecule has 1 heterocycles. The number of amides is 4. The standard InChI is InChI=1S/C22H25F4N5O3/c1-28-20(32)30-12-14(3-2-8-27)9-17(13-30)31(16-5-6-16)21(33)29-11-15-4-7-18(10-19(15)23)34-22(24,25)26/h2-4,7,10,14,16-17H,5-6,9,11-13H2,1H3,(H,28,32)(H,29,33)/b3-2+. The Hall–Kier alpha value is -3.49. The molecule has 34 heavy (non-hydrogen) atoms. The van der Waals surface area contributed by atoms with E-state index in [4.69, 9.17) is 5.26 Å². The molecule has 1 aliphatic carbocycles.